The molecule has 4 rings (SSSR count). The summed E-state index contributed by atoms with van der Waals surface area (Å²) in [7, 11) is 0. The minimum atomic E-state index is 0.503. The van der Waals surface area contributed by atoms with Crippen LogP contribution in [0.4, 0.5) is 0 Å². The Morgan fingerprint density at radius 1 is 1.19 bits per heavy atom. The van der Waals surface area contributed by atoms with Gasteiger partial charge in [0.15, 0.2) is 0 Å². The van der Waals surface area contributed by atoms with E-state index in [1.807, 2.05) is 6.33 Å². The van der Waals surface area contributed by atoms with Crippen molar-refractivity contribution in [1.82, 2.24) is 25.0 Å². The Kier molecular flexibility index (Phi) is 3.71. The SMILES string of the molecule is c1nnc2n1CCN(CC1(CNC3CC3)CCCCC1)C2. The molecular formula is C16H27N5. The number of fused-ring (bicyclic) bond motifs is 1. The Balaban J connectivity index is 1.41. The van der Waals surface area contributed by atoms with Gasteiger partial charge >= 0.3 is 0 Å². The van der Waals surface area contributed by atoms with Crippen LogP contribution >= 0.6 is 0 Å². The van der Waals surface area contributed by atoms with Crippen molar-refractivity contribution in [1.29, 1.82) is 0 Å². The molecule has 0 amide bonds. The molecule has 2 aliphatic carbocycles. The van der Waals surface area contributed by atoms with Gasteiger partial charge in [-0.1, -0.05) is 19.3 Å². The largest absolute Gasteiger partial charge is 0.315 e. The van der Waals surface area contributed by atoms with Crippen molar-refractivity contribution in [3.05, 3.63) is 12.2 Å². The summed E-state index contributed by atoms with van der Waals surface area (Å²) in [5.74, 6) is 1.14. The topological polar surface area (TPSA) is 46.0 Å². The normalized spacial score (nSPS) is 25.7. The Labute approximate surface area is 127 Å². The Morgan fingerprint density at radius 3 is 2.86 bits per heavy atom. The molecule has 0 unspecified atom stereocenters. The van der Waals surface area contributed by atoms with Crippen LogP contribution in [0.15, 0.2) is 6.33 Å². The maximum absolute atomic E-state index is 4.26. The predicted molar refractivity (Wildman–Crippen MR) is 81.8 cm³/mol. The summed E-state index contributed by atoms with van der Waals surface area (Å²) in [4.78, 5) is 2.61. The molecule has 116 valence electrons. The maximum Gasteiger partial charge on any atom is 0.147 e. The highest BCUT2D eigenvalue weighted by molar-refractivity contribution is 4.95. The third kappa shape index (κ3) is 3.14. The van der Waals surface area contributed by atoms with Crippen LogP contribution in [0.1, 0.15) is 50.8 Å². The van der Waals surface area contributed by atoms with Crippen LogP contribution in [0.2, 0.25) is 0 Å². The fourth-order valence-electron chi connectivity index (χ4n) is 4.07. The zero-order valence-electron chi connectivity index (χ0n) is 12.9. The summed E-state index contributed by atoms with van der Waals surface area (Å²) in [5.41, 5.74) is 0.503. The van der Waals surface area contributed by atoms with Crippen LogP contribution in [-0.4, -0.2) is 45.3 Å². The predicted octanol–water partition coefficient (Wildman–Crippen LogP) is 1.80. The molecule has 5 nitrogen and oxygen atoms in total. The van der Waals surface area contributed by atoms with Crippen LogP contribution in [0.25, 0.3) is 0 Å². The molecule has 0 bridgehead atoms. The van der Waals surface area contributed by atoms with Gasteiger partial charge in [-0.3, -0.25) is 4.90 Å². The Bertz CT molecular complexity index is 473. The van der Waals surface area contributed by atoms with E-state index in [1.165, 1.54) is 58.0 Å². The molecule has 0 aromatic carbocycles. The number of aromatic nitrogens is 3. The van der Waals surface area contributed by atoms with E-state index in [2.05, 4.69) is 25.0 Å². The van der Waals surface area contributed by atoms with Gasteiger partial charge in [0.05, 0.1) is 6.54 Å². The highest BCUT2D eigenvalue weighted by Crippen LogP contribution is 2.38. The van der Waals surface area contributed by atoms with Crippen LogP contribution < -0.4 is 5.32 Å². The van der Waals surface area contributed by atoms with Gasteiger partial charge in [0.2, 0.25) is 0 Å². The molecule has 1 aromatic rings. The lowest BCUT2D eigenvalue weighted by molar-refractivity contribution is 0.0839. The number of rotatable bonds is 5. The maximum atomic E-state index is 4.26. The molecule has 1 aromatic heterocycles. The molecule has 1 aliphatic heterocycles. The third-order valence-electron chi connectivity index (χ3n) is 5.53. The molecule has 5 heteroatoms. The number of hydrogen-bond acceptors (Lipinski definition) is 4. The van der Waals surface area contributed by atoms with Crippen molar-refractivity contribution in [2.24, 2.45) is 5.41 Å². The van der Waals surface area contributed by atoms with Gasteiger partial charge in [-0.05, 0) is 31.1 Å². The van der Waals surface area contributed by atoms with E-state index in [0.717, 1.165) is 31.5 Å². The van der Waals surface area contributed by atoms with Crippen molar-refractivity contribution in [2.75, 3.05) is 19.6 Å². The third-order valence-corrected chi connectivity index (χ3v) is 5.53. The molecule has 1 N–H and O–H groups in total. The smallest absolute Gasteiger partial charge is 0.147 e. The average Bonchev–Trinajstić information content (AvgIpc) is 3.23. The first-order valence-corrected chi connectivity index (χ1v) is 8.66. The van der Waals surface area contributed by atoms with Gasteiger partial charge in [0.25, 0.3) is 0 Å². The highest BCUT2D eigenvalue weighted by Gasteiger charge is 2.36. The van der Waals surface area contributed by atoms with Crippen molar-refractivity contribution < 1.29 is 0 Å². The highest BCUT2D eigenvalue weighted by atomic mass is 15.3. The summed E-state index contributed by atoms with van der Waals surface area (Å²) in [6, 6.07) is 0.827. The number of nitrogens with zero attached hydrogens (tertiary/aromatic N) is 4. The van der Waals surface area contributed by atoms with E-state index in [0.29, 0.717) is 5.41 Å². The van der Waals surface area contributed by atoms with Gasteiger partial charge in [0, 0.05) is 32.2 Å². The molecule has 0 radical (unpaired) electrons. The lowest BCUT2D eigenvalue weighted by Gasteiger charge is -2.42. The quantitative estimate of drug-likeness (QED) is 0.898. The second-order valence-electron chi connectivity index (χ2n) is 7.37. The molecule has 0 saturated heterocycles. The van der Waals surface area contributed by atoms with Crippen molar-refractivity contribution in [3.8, 4) is 0 Å². The Morgan fingerprint density at radius 2 is 2.05 bits per heavy atom. The van der Waals surface area contributed by atoms with Gasteiger partial charge in [0.1, 0.15) is 12.2 Å². The van der Waals surface area contributed by atoms with Gasteiger partial charge < -0.3 is 9.88 Å². The van der Waals surface area contributed by atoms with Gasteiger partial charge in [-0.25, -0.2) is 0 Å². The summed E-state index contributed by atoms with van der Waals surface area (Å²) in [5, 5.41) is 12.1. The van der Waals surface area contributed by atoms with Gasteiger partial charge in [-0.15, -0.1) is 10.2 Å². The van der Waals surface area contributed by atoms with E-state index in [4.69, 9.17) is 0 Å². The summed E-state index contributed by atoms with van der Waals surface area (Å²) in [6.45, 7) is 5.64. The molecule has 2 heterocycles. The summed E-state index contributed by atoms with van der Waals surface area (Å²) >= 11 is 0. The fourth-order valence-corrected chi connectivity index (χ4v) is 4.07. The van der Waals surface area contributed by atoms with E-state index >= 15 is 0 Å². The van der Waals surface area contributed by atoms with E-state index < -0.39 is 0 Å². The molecule has 3 aliphatic rings. The van der Waals surface area contributed by atoms with Crippen molar-refractivity contribution >= 4 is 0 Å². The number of nitrogens with one attached hydrogen (secondary N) is 1. The van der Waals surface area contributed by atoms with Crippen LogP contribution in [0, 0.1) is 5.41 Å². The molecule has 2 fully saturated rings. The molecule has 0 atom stereocenters. The summed E-state index contributed by atoms with van der Waals surface area (Å²) in [6.07, 6.45) is 11.7. The second kappa shape index (κ2) is 5.69. The Hall–Kier alpha value is -0.940. The van der Waals surface area contributed by atoms with E-state index in [-0.39, 0.29) is 0 Å². The molecular weight excluding hydrogens is 262 g/mol. The average molecular weight is 289 g/mol. The van der Waals surface area contributed by atoms with Gasteiger partial charge in [-0.2, -0.15) is 0 Å². The lowest BCUT2D eigenvalue weighted by atomic mass is 9.73. The van der Waals surface area contributed by atoms with Crippen molar-refractivity contribution in [2.45, 2.75) is 64.1 Å². The monoisotopic (exact) mass is 289 g/mol. The molecule has 21 heavy (non-hydrogen) atoms. The standard InChI is InChI=1S/C16H27N5/c1-2-6-16(7-3-1,11-17-14-4-5-14)12-20-8-9-21-13-18-19-15(21)10-20/h13-14,17H,1-12H2. The molecule has 0 spiro atoms. The first-order chi connectivity index (χ1) is 10.3. The number of hydrogen-bond donors (Lipinski definition) is 1. The zero-order chi connectivity index (χ0) is 14.1. The van der Waals surface area contributed by atoms with Crippen LogP contribution in [-0.2, 0) is 13.1 Å². The fraction of sp³-hybridized carbons (Fsp3) is 0.875. The second-order valence-corrected chi connectivity index (χ2v) is 7.37. The minimum absolute atomic E-state index is 0.503. The van der Waals surface area contributed by atoms with E-state index in [9.17, 15) is 0 Å². The van der Waals surface area contributed by atoms with Crippen LogP contribution in [0.5, 0.6) is 0 Å². The first-order valence-electron chi connectivity index (χ1n) is 8.66. The minimum Gasteiger partial charge on any atom is -0.315 e. The van der Waals surface area contributed by atoms with Crippen LogP contribution in [0.3, 0.4) is 0 Å². The zero-order valence-corrected chi connectivity index (χ0v) is 12.9. The lowest BCUT2D eigenvalue weighted by Crippen LogP contribution is -2.47. The van der Waals surface area contributed by atoms with Crippen molar-refractivity contribution in [3.63, 3.8) is 0 Å². The first kappa shape index (κ1) is 13.7. The molecule has 2 saturated carbocycles. The summed E-state index contributed by atoms with van der Waals surface area (Å²) < 4.78 is 2.20. The van der Waals surface area contributed by atoms with E-state index in [1.54, 1.807) is 0 Å².